The lowest BCUT2D eigenvalue weighted by atomic mass is 9.96. The number of piperidine rings is 1. The SMILES string of the molecule is CCC(c1ccc(C(F)(F)F)cc1)N1CC(Oc2c(F)cc(C3CCCCN3S(C)(=O)=O)cc2F)C1. The number of hydrogen-bond acceptors (Lipinski definition) is 4. The lowest BCUT2D eigenvalue weighted by Gasteiger charge is -2.44. The van der Waals surface area contributed by atoms with Gasteiger partial charge in [-0.25, -0.2) is 17.2 Å². The Morgan fingerprint density at radius 1 is 1.06 bits per heavy atom. The Labute approximate surface area is 207 Å². The van der Waals surface area contributed by atoms with Crippen molar-refractivity contribution in [1.29, 1.82) is 0 Å². The fourth-order valence-corrected chi connectivity index (χ4v) is 6.23. The van der Waals surface area contributed by atoms with Crippen molar-refractivity contribution in [3.05, 3.63) is 64.7 Å². The summed E-state index contributed by atoms with van der Waals surface area (Å²) in [4.78, 5) is 1.99. The highest BCUT2D eigenvalue weighted by atomic mass is 32.2. The Hall–Kier alpha value is -2.24. The van der Waals surface area contributed by atoms with E-state index in [-0.39, 0.29) is 11.6 Å². The Bertz CT molecular complexity index is 1160. The van der Waals surface area contributed by atoms with Crippen molar-refractivity contribution in [2.45, 2.75) is 57.0 Å². The summed E-state index contributed by atoms with van der Waals surface area (Å²) in [7, 11) is -3.53. The van der Waals surface area contributed by atoms with Gasteiger partial charge >= 0.3 is 6.18 Å². The van der Waals surface area contributed by atoms with Crippen molar-refractivity contribution in [2.24, 2.45) is 0 Å². The molecular formula is C25H29F5N2O3S. The molecule has 0 saturated carbocycles. The molecule has 36 heavy (non-hydrogen) atoms. The van der Waals surface area contributed by atoms with E-state index in [9.17, 15) is 30.4 Å². The third-order valence-electron chi connectivity index (χ3n) is 6.90. The van der Waals surface area contributed by atoms with Crippen LogP contribution < -0.4 is 4.74 Å². The fourth-order valence-electron chi connectivity index (χ4n) is 5.08. The van der Waals surface area contributed by atoms with Crippen LogP contribution in [0.4, 0.5) is 22.0 Å². The van der Waals surface area contributed by atoms with Gasteiger partial charge < -0.3 is 4.74 Å². The summed E-state index contributed by atoms with van der Waals surface area (Å²) in [5.41, 5.74) is 0.271. The van der Waals surface area contributed by atoms with E-state index >= 15 is 0 Å². The van der Waals surface area contributed by atoms with E-state index in [1.54, 1.807) is 0 Å². The van der Waals surface area contributed by atoms with Crippen LogP contribution in [-0.2, 0) is 16.2 Å². The Kier molecular flexibility index (Phi) is 7.64. The molecule has 4 rings (SSSR count). The number of hydrogen-bond donors (Lipinski definition) is 0. The number of nitrogens with zero attached hydrogens (tertiary/aromatic N) is 2. The lowest BCUT2D eigenvalue weighted by molar-refractivity contribution is -0.137. The van der Waals surface area contributed by atoms with Crippen LogP contribution in [0.5, 0.6) is 5.75 Å². The maximum absolute atomic E-state index is 14.9. The van der Waals surface area contributed by atoms with Crippen molar-refractivity contribution >= 4 is 10.0 Å². The van der Waals surface area contributed by atoms with Gasteiger partial charge in [-0.2, -0.15) is 17.5 Å². The molecule has 2 heterocycles. The highest BCUT2D eigenvalue weighted by Crippen LogP contribution is 2.38. The largest absolute Gasteiger partial charge is 0.482 e. The molecule has 2 aromatic rings. The van der Waals surface area contributed by atoms with Crippen molar-refractivity contribution in [3.63, 3.8) is 0 Å². The average Bonchev–Trinajstić information content (AvgIpc) is 2.78. The van der Waals surface area contributed by atoms with Gasteiger partial charge in [-0.1, -0.05) is 25.5 Å². The molecule has 0 bridgehead atoms. The Morgan fingerprint density at radius 3 is 2.19 bits per heavy atom. The van der Waals surface area contributed by atoms with Gasteiger partial charge in [0.25, 0.3) is 0 Å². The minimum Gasteiger partial charge on any atom is -0.482 e. The predicted octanol–water partition coefficient (Wildman–Crippen LogP) is 5.68. The van der Waals surface area contributed by atoms with E-state index in [2.05, 4.69) is 0 Å². The summed E-state index contributed by atoms with van der Waals surface area (Å²) in [6, 6.07) is 6.52. The van der Waals surface area contributed by atoms with Crippen molar-refractivity contribution in [2.75, 3.05) is 25.9 Å². The standard InChI is InChI=1S/C25H29F5N2O3S/c1-3-22(16-7-9-18(10-8-16)25(28,29)30)31-14-19(15-31)35-24-20(26)12-17(13-21(24)27)23-6-4-5-11-32(23)36(2,33)34/h7-10,12-13,19,22-23H,3-6,11,14-15H2,1-2H3. The zero-order chi connectivity index (χ0) is 26.3. The topological polar surface area (TPSA) is 49.9 Å². The minimum absolute atomic E-state index is 0.141. The smallest absolute Gasteiger partial charge is 0.416 e. The van der Waals surface area contributed by atoms with E-state index in [1.165, 1.54) is 16.4 Å². The van der Waals surface area contributed by atoms with E-state index < -0.39 is 51.3 Å². The molecule has 11 heteroatoms. The van der Waals surface area contributed by atoms with Gasteiger partial charge in [-0.15, -0.1) is 0 Å². The van der Waals surface area contributed by atoms with Gasteiger partial charge in [-0.3, -0.25) is 4.90 Å². The highest BCUT2D eigenvalue weighted by Gasteiger charge is 2.37. The number of ether oxygens (including phenoxy) is 1. The molecule has 0 radical (unpaired) electrons. The van der Waals surface area contributed by atoms with Crippen molar-refractivity contribution in [3.8, 4) is 5.75 Å². The van der Waals surface area contributed by atoms with Gasteiger partial charge in [0.2, 0.25) is 10.0 Å². The minimum atomic E-state index is -4.40. The molecule has 0 aromatic heterocycles. The van der Waals surface area contributed by atoms with Crippen LogP contribution in [0.2, 0.25) is 0 Å². The maximum Gasteiger partial charge on any atom is 0.416 e. The second kappa shape index (κ2) is 10.3. The van der Waals surface area contributed by atoms with Crippen LogP contribution in [0.3, 0.4) is 0 Å². The number of benzene rings is 2. The first-order chi connectivity index (χ1) is 16.9. The molecule has 2 aliphatic heterocycles. The summed E-state index contributed by atoms with van der Waals surface area (Å²) >= 11 is 0. The summed E-state index contributed by atoms with van der Waals surface area (Å²) in [5.74, 6) is -2.29. The van der Waals surface area contributed by atoms with Crippen LogP contribution in [-0.4, -0.2) is 49.6 Å². The average molecular weight is 533 g/mol. The van der Waals surface area contributed by atoms with Crippen LogP contribution in [0.25, 0.3) is 0 Å². The zero-order valence-electron chi connectivity index (χ0n) is 20.1. The van der Waals surface area contributed by atoms with E-state index in [4.69, 9.17) is 4.74 Å². The zero-order valence-corrected chi connectivity index (χ0v) is 20.9. The van der Waals surface area contributed by atoms with Crippen molar-refractivity contribution < 1.29 is 35.1 Å². The molecule has 2 saturated heterocycles. The summed E-state index contributed by atoms with van der Waals surface area (Å²) < 4.78 is 99.5. The third kappa shape index (κ3) is 5.68. The maximum atomic E-state index is 14.9. The molecule has 5 nitrogen and oxygen atoms in total. The number of rotatable bonds is 7. The molecule has 2 fully saturated rings. The summed E-state index contributed by atoms with van der Waals surface area (Å²) in [5, 5.41) is 0. The molecular weight excluding hydrogens is 503 g/mol. The number of alkyl halides is 3. The summed E-state index contributed by atoms with van der Waals surface area (Å²) in [6.45, 7) is 2.95. The normalized spacial score (nSPS) is 21.2. The molecule has 0 amide bonds. The highest BCUT2D eigenvalue weighted by molar-refractivity contribution is 7.88. The van der Waals surface area contributed by atoms with E-state index in [0.29, 0.717) is 38.9 Å². The van der Waals surface area contributed by atoms with Crippen LogP contribution in [0, 0.1) is 11.6 Å². The number of halogens is 5. The molecule has 2 atom stereocenters. The Balaban J connectivity index is 1.42. The Morgan fingerprint density at radius 2 is 1.67 bits per heavy atom. The second-order valence-corrected chi connectivity index (χ2v) is 11.4. The second-order valence-electron chi connectivity index (χ2n) is 9.44. The van der Waals surface area contributed by atoms with Crippen molar-refractivity contribution in [1.82, 2.24) is 9.21 Å². The molecule has 0 spiro atoms. The van der Waals surface area contributed by atoms with Crippen LogP contribution in [0.1, 0.15) is 61.4 Å². The van der Waals surface area contributed by atoms with Gasteiger partial charge in [0, 0.05) is 31.7 Å². The van der Waals surface area contributed by atoms with Gasteiger partial charge in [0.05, 0.1) is 11.8 Å². The van der Waals surface area contributed by atoms with Gasteiger partial charge in [0.15, 0.2) is 17.4 Å². The first kappa shape index (κ1) is 26.8. The van der Waals surface area contributed by atoms with E-state index in [1.807, 2.05) is 11.8 Å². The number of sulfonamides is 1. The van der Waals surface area contributed by atoms with Gasteiger partial charge in [-0.05, 0) is 54.7 Å². The van der Waals surface area contributed by atoms with E-state index in [0.717, 1.165) is 42.5 Å². The summed E-state index contributed by atoms with van der Waals surface area (Å²) in [6.07, 6.45) is -1.22. The van der Waals surface area contributed by atoms with Crippen LogP contribution in [0.15, 0.2) is 36.4 Å². The molecule has 2 aliphatic rings. The van der Waals surface area contributed by atoms with Crippen LogP contribution >= 0.6 is 0 Å². The molecule has 198 valence electrons. The monoisotopic (exact) mass is 532 g/mol. The predicted molar refractivity (Wildman–Crippen MR) is 125 cm³/mol. The third-order valence-corrected chi connectivity index (χ3v) is 8.19. The molecule has 0 N–H and O–H groups in total. The van der Waals surface area contributed by atoms with Gasteiger partial charge in [0.1, 0.15) is 6.10 Å². The first-order valence-corrected chi connectivity index (χ1v) is 13.8. The molecule has 0 aliphatic carbocycles. The molecule has 2 aromatic carbocycles. The number of likely N-dealkylation sites (tertiary alicyclic amines) is 1. The fraction of sp³-hybridized carbons (Fsp3) is 0.520. The molecule has 2 unspecified atom stereocenters. The lowest BCUT2D eigenvalue weighted by Crippen LogP contribution is -2.55. The first-order valence-electron chi connectivity index (χ1n) is 11.9. The quantitative estimate of drug-likeness (QED) is 0.431.